The summed E-state index contributed by atoms with van der Waals surface area (Å²) in [6, 6.07) is 3.71. The van der Waals surface area contributed by atoms with E-state index in [0.717, 1.165) is 18.9 Å². The molecule has 7 heteroatoms. The van der Waals surface area contributed by atoms with Crippen LogP contribution >= 0.6 is 0 Å². The lowest BCUT2D eigenvalue weighted by atomic mass is 9.86. The fraction of sp³-hybridized carbons (Fsp3) is 0.632. The molecule has 1 aliphatic carbocycles. The van der Waals surface area contributed by atoms with E-state index < -0.39 is 5.97 Å². The van der Waals surface area contributed by atoms with E-state index >= 15 is 0 Å². The molecule has 0 spiro atoms. The molecule has 2 atom stereocenters. The first-order valence-electron chi connectivity index (χ1n) is 9.32. The summed E-state index contributed by atoms with van der Waals surface area (Å²) in [4.78, 5) is 30.0. The summed E-state index contributed by atoms with van der Waals surface area (Å²) in [6.45, 7) is 5.67. The van der Waals surface area contributed by atoms with Gasteiger partial charge in [-0.3, -0.25) is 9.59 Å². The largest absolute Gasteiger partial charge is 0.481 e. The predicted molar refractivity (Wildman–Crippen MR) is 97.3 cm³/mol. The zero-order chi connectivity index (χ0) is 18.7. The predicted octanol–water partition coefficient (Wildman–Crippen LogP) is 2.07. The minimum atomic E-state index is -0.735. The number of pyridine rings is 1. The monoisotopic (exact) mass is 361 g/mol. The first-order valence-corrected chi connectivity index (χ1v) is 9.32. The van der Waals surface area contributed by atoms with Crippen molar-refractivity contribution in [2.45, 2.75) is 57.8 Å². The van der Waals surface area contributed by atoms with Gasteiger partial charge in [-0.2, -0.15) is 0 Å². The van der Waals surface area contributed by atoms with Crippen molar-refractivity contribution in [3.63, 3.8) is 0 Å². The summed E-state index contributed by atoms with van der Waals surface area (Å²) in [6.07, 6.45) is 4.57. The van der Waals surface area contributed by atoms with Crippen LogP contribution in [0.3, 0.4) is 0 Å². The number of nitrogens with one attached hydrogen (secondary N) is 1. The van der Waals surface area contributed by atoms with Crippen LogP contribution in [0.15, 0.2) is 18.3 Å². The van der Waals surface area contributed by atoms with Crippen LogP contribution in [0, 0.1) is 5.92 Å². The average molecular weight is 361 g/mol. The summed E-state index contributed by atoms with van der Waals surface area (Å²) >= 11 is 0. The van der Waals surface area contributed by atoms with Crippen LogP contribution in [-0.4, -0.2) is 53.3 Å². The van der Waals surface area contributed by atoms with Gasteiger partial charge in [0.25, 0.3) is 5.91 Å². The highest BCUT2D eigenvalue weighted by molar-refractivity contribution is 5.94. The third kappa shape index (κ3) is 4.52. The molecule has 0 radical (unpaired) electrons. The third-order valence-corrected chi connectivity index (χ3v) is 5.17. The number of carbonyl (C=O) groups excluding carboxylic acids is 1. The van der Waals surface area contributed by atoms with Gasteiger partial charge in [-0.25, -0.2) is 4.98 Å². The Morgan fingerprint density at radius 2 is 1.81 bits per heavy atom. The zero-order valence-corrected chi connectivity index (χ0v) is 15.4. The molecule has 26 heavy (non-hydrogen) atoms. The smallest absolute Gasteiger partial charge is 0.306 e. The van der Waals surface area contributed by atoms with E-state index in [9.17, 15) is 9.59 Å². The van der Waals surface area contributed by atoms with Crippen molar-refractivity contribution in [3.05, 3.63) is 23.9 Å². The van der Waals surface area contributed by atoms with Gasteiger partial charge in [0.1, 0.15) is 5.82 Å². The SMILES string of the molecule is CC1CN(c2ccc(C(=O)NC3CCC(C(=O)O)CC3)cn2)CC(C)O1. The fourth-order valence-corrected chi connectivity index (χ4v) is 3.83. The molecular weight excluding hydrogens is 334 g/mol. The molecule has 2 fully saturated rings. The Kier molecular flexibility index (Phi) is 5.76. The summed E-state index contributed by atoms with van der Waals surface area (Å²) < 4.78 is 5.74. The second-order valence-electron chi connectivity index (χ2n) is 7.43. The number of amides is 1. The number of anilines is 1. The number of morpholine rings is 1. The van der Waals surface area contributed by atoms with Crippen molar-refractivity contribution in [2.75, 3.05) is 18.0 Å². The Labute approximate surface area is 153 Å². The van der Waals surface area contributed by atoms with E-state index in [-0.39, 0.29) is 30.1 Å². The minimum Gasteiger partial charge on any atom is -0.481 e. The van der Waals surface area contributed by atoms with E-state index in [1.54, 1.807) is 12.3 Å². The second kappa shape index (κ2) is 8.03. The molecule has 1 saturated heterocycles. The normalized spacial score (nSPS) is 29.2. The summed E-state index contributed by atoms with van der Waals surface area (Å²) in [5, 5.41) is 12.0. The van der Waals surface area contributed by atoms with E-state index in [2.05, 4.69) is 15.2 Å². The van der Waals surface area contributed by atoms with Gasteiger partial charge in [-0.05, 0) is 51.7 Å². The van der Waals surface area contributed by atoms with Crippen LogP contribution in [0.1, 0.15) is 49.9 Å². The molecule has 2 aliphatic rings. The first-order chi connectivity index (χ1) is 12.4. The standard InChI is InChI=1S/C19H27N3O4/c1-12-10-22(11-13(2)26-12)17-8-5-15(9-20-17)18(23)21-16-6-3-14(4-7-16)19(24)25/h5,8-9,12-14,16H,3-4,6-7,10-11H2,1-2H3,(H,21,23)(H,24,25). The molecule has 1 saturated carbocycles. The fourth-order valence-electron chi connectivity index (χ4n) is 3.83. The number of aromatic nitrogens is 1. The van der Waals surface area contributed by atoms with Gasteiger partial charge < -0.3 is 20.1 Å². The van der Waals surface area contributed by atoms with Gasteiger partial charge in [-0.15, -0.1) is 0 Å². The highest BCUT2D eigenvalue weighted by Gasteiger charge is 2.27. The number of hydrogen-bond donors (Lipinski definition) is 2. The zero-order valence-electron chi connectivity index (χ0n) is 15.4. The van der Waals surface area contributed by atoms with Crippen molar-refractivity contribution in [1.29, 1.82) is 0 Å². The second-order valence-corrected chi connectivity index (χ2v) is 7.43. The Hall–Kier alpha value is -2.15. The van der Waals surface area contributed by atoms with Crippen LogP contribution in [0.4, 0.5) is 5.82 Å². The highest BCUT2D eigenvalue weighted by atomic mass is 16.5. The Balaban J connectivity index is 1.55. The molecule has 1 aliphatic heterocycles. The van der Waals surface area contributed by atoms with Gasteiger partial charge in [0.05, 0.1) is 23.7 Å². The number of carboxylic acids is 1. The number of nitrogens with zero attached hydrogens (tertiary/aromatic N) is 2. The number of carboxylic acid groups (broad SMARTS) is 1. The van der Waals surface area contributed by atoms with Crippen LogP contribution < -0.4 is 10.2 Å². The van der Waals surface area contributed by atoms with Gasteiger partial charge in [0.2, 0.25) is 0 Å². The molecule has 7 nitrogen and oxygen atoms in total. The molecule has 2 N–H and O–H groups in total. The number of ether oxygens (including phenoxy) is 1. The quantitative estimate of drug-likeness (QED) is 0.853. The summed E-state index contributed by atoms with van der Waals surface area (Å²) in [7, 11) is 0. The van der Waals surface area contributed by atoms with Crippen molar-refractivity contribution in [2.24, 2.45) is 5.92 Å². The van der Waals surface area contributed by atoms with Crippen molar-refractivity contribution in [1.82, 2.24) is 10.3 Å². The van der Waals surface area contributed by atoms with Gasteiger partial charge in [-0.1, -0.05) is 0 Å². The molecule has 3 rings (SSSR count). The topological polar surface area (TPSA) is 91.8 Å². The molecule has 2 unspecified atom stereocenters. The van der Waals surface area contributed by atoms with Crippen LogP contribution in [0.5, 0.6) is 0 Å². The van der Waals surface area contributed by atoms with E-state index in [4.69, 9.17) is 9.84 Å². The molecule has 1 amide bonds. The lowest BCUT2D eigenvalue weighted by Crippen LogP contribution is -2.45. The summed E-state index contributed by atoms with van der Waals surface area (Å²) in [5.74, 6) is -0.305. The minimum absolute atomic E-state index is 0.0405. The van der Waals surface area contributed by atoms with Crippen LogP contribution in [0.25, 0.3) is 0 Å². The lowest BCUT2D eigenvalue weighted by molar-refractivity contribution is -0.142. The highest BCUT2D eigenvalue weighted by Crippen LogP contribution is 2.25. The Morgan fingerprint density at radius 3 is 2.35 bits per heavy atom. The van der Waals surface area contributed by atoms with E-state index in [1.165, 1.54) is 0 Å². The van der Waals surface area contributed by atoms with Gasteiger partial charge >= 0.3 is 5.97 Å². The van der Waals surface area contributed by atoms with E-state index in [1.807, 2.05) is 19.9 Å². The summed E-state index contributed by atoms with van der Waals surface area (Å²) in [5.41, 5.74) is 0.531. The number of rotatable bonds is 4. The van der Waals surface area contributed by atoms with Crippen LogP contribution in [-0.2, 0) is 9.53 Å². The number of carbonyl (C=O) groups is 2. The average Bonchev–Trinajstić information content (AvgIpc) is 2.61. The van der Waals surface area contributed by atoms with Crippen molar-refractivity contribution < 1.29 is 19.4 Å². The third-order valence-electron chi connectivity index (χ3n) is 5.17. The molecule has 0 bridgehead atoms. The molecule has 0 aromatic carbocycles. The Morgan fingerprint density at radius 1 is 1.15 bits per heavy atom. The first kappa shape index (κ1) is 18.6. The van der Waals surface area contributed by atoms with E-state index in [0.29, 0.717) is 31.2 Å². The maximum Gasteiger partial charge on any atom is 0.306 e. The molecule has 2 heterocycles. The molecule has 142 valence electrons. The van der Waals surface area contributed by atoms with Crippen LogP contribution in [0.2, 0.25) is 0 Å². The molecule has 1 aromatic rings. The molecule has 1 aromatic heterocycles. The number of aliphatic carboxylic acids is 1. The van der Waals surface area contributed by atoms with Gasteiger partial charge in [0.15, 0.2) is 0 Å². The van der Waals surface area contributed by atoms with Crippen molar-refractivity contribution in [3.8, 4) is 0 Å². The maximum absolute atomic E-state index is 12.4. The van der Waals surface area contributed by atoms with Crippen molar-refractivity contribution >= 4 is 17.7 Å². The number of hydrogen-bond acceptors (Lipinski definition) is 5. The molecular formula is C19H27N3O4. The Bertz CT molecular complexity index is 631. The maximum atomic E-state index is 12.4. The van der Waals surface area contributed by atoms with Gasteiger partial charge in [0, 0.05) is 25.3 Å². The lowest BCUT2D eigenvalue weighted by Gasteiger charge is -2.36.